The Labute approximate surface area is 235 Å². The Bertz CT molecular complexity index is 1130. The van der Waals surface area contributed by atoms with Gasteiger partial charge in [-0.2, -0.15) is 13.2 Å². The summed E-state index contributed by atoms with van der Waals surface area (Å²) in [5.41, 5.74) is 0.943. The van der Waals surface area contributed by atoms with Crippen molar-refractivity contribution in [2.45, 2.75) is 58.2 Å². The van der Waals surface area contributed by atoms with Gasteiger partial charge in [0.15, 0.2) is 0 Å². The Kier molecular flexibility index (Phi) is 9.29. The average Bonchev–Trinajstić information content (AvgIpc) is 2.89. The first-order valence-corrected chi connectivity index (χ1v) is 14.2. The maximum atomic E-state index is 13.3. The molecule has 2 aliphatic heterocycles. The van der Waals surface area contributed by atoms with Crippen molar-refractivity contribution >= 4 is 17.1 Å². The minimum Gasteiger partial charge on any atom is -0.382 e. The van der Waals surface area contributed by atoms with Crippen molar-refractivity contribution in [1.29, 1.82) is 0 Å². The number of benzene rings is 2. The van der Waals surface area contributed by atoms with Crippen LogP contribution in [0.4, 0.5) is 30.2 Å². The summed E-state index contributed by atoms with van der Waals surface area (Å²) < 4.78 is 39.9. The zero-order chi connectivity index (χ0) is 29.1. The number of nitro benzene ring substituents is 1. The fourth-order valence-corrected chi connectivity index (χ4v) is 5.81. The molecule has 2 aromatic rings. The number of alkyl halides is 3. The van der Waals surface area contributed by atoms with E-state index in [-0.39, 0.29) is 17.1 Å². The largest absolute Gasteiger partial charge is 0.423 e. The number of piperidine rings is 1. The highest BCUT2D eigenvalue weighted by atomic mass is 19.4. The summed E-state index contributed by atoms with van der Waals surface area (Å²) in [4.78, 5) is 17.5. The second-order valence-corrected chi connectivity index (χ2v) is 12.4. The van der Waals surface area contributed by atoms with Gasteiger partial charge in [0.05, 0.1) is 4.92 Å². The zero-order valence-electron chi connectivity index (χ0n) is 24.0. The normalized spacial score (nSPS) is 19.0. The Balaban J connectivity index is 1.19. The predicted octanol–water partition coefficient (Wildman–Crippen LogP) is 6.25. The summed E-state index contributed by atoms with van der Waals surface area (Å²) in [7, 11) is 0. The van der Waals surface area contributed by atoms with Gasteiger partial charge in [-0.1, -0.05) is 39.8 Å². The van der Waals surface area contributed by atoms with Crippen molar-refractivity contribution in [3.8, 4) is 0 Å². The summed E-state index contributed by atoms with van der Waals surface area (Å²) in [5.74, 6) is 0.520. The van der Waals surface area contributed by atoms with Crippen LogP contribution in [0.25, 0.3) is 0 Å². The number of hydrogen-bond acceptors (Lipinski definition) is 6. The van der Waals surface area contributed by atoms with Crippen molar-refractivity contribution in [3.05, 3.63) is 63.7 Å². The highest BCUT2D eigenvalue weighted by molar-refractivity contribution is 5.55. The molecule has 7 nitrogen and oxygen atoms in total. The van der Waals surface area contributed by atoms with Crippen LogP contribution in [0.5, 0.6) is 0 Å². The number of hydrogen-bond donors (Lipinski definition) is 1. The van der Waals surface area contributed by atoms with Crippen LogP contribution in [0.1, 0.15) is 51.7 Å². The molecule has 4 rings (SSSR count). The van der Waals surface area contributed by atoms with Gasteiger partial charge in [-0.15, -0.1) is 0 Å². The molecule has 2 aliphatic rings. The number of nitrogens with one attached hydrogen (secondary N) is 1. The molecule has 1 atom stereocenters. The van der Waals surface area contributed by atoms with Gasteiger partial charge in [0, 0.05) is 75.8 Å². The predicted molar refractivity (Wildman–Crippen MR) is 154 cm³/mol. The molecule has 0 aromatic heterocycles. The fourth-order valence-electron chi connectivity index (χ4n) is 5.81. The topological polar surface area (TPSA) is 64.9 Å². The molecule has 10 heteroatoms. The van der Waals surface area contributed by atoms with Gasteiger partial charge in [-0.05, 0) is 54.0 Å². The standard InChI is InChI=1S/C30H42F3N5O2/c1-22(21-36-15-17-37(18-16-36)26-8-5-23(6-9-26)29(2,3)4)20-35-13-11-24(12-14-35)34-25-7-10-28(38(39)40)27(19-25)30(31,32)33/h5-10,19,22,24,34H,11-18,20-21H2,1-4H3. The maximum absolute atomic E-state index is 13.3. The molecule has 2 fully saturated rings. The number of rotatable bonds is 8. The van der Waals surface area contributed by atoms with Crippen LogP contribution in [-0.4, -0.2) is 73.1 Å². The van der Waals surface area contributed by atoms with E-state index in [9.17, 15) is 23.3 Å². The molecule has 220 valence electrons. The Morgan fingerprint density at radius 1 is 0.925 bits per heavy atom. The second-order valence-electron chi connectivity index (χ2n) is 12.4. The molecule has 2 saturated heterocycles. The number of likely N-dealkylation sites (tertiary alicyclic amines) is 1. The lowest BCUT2D eigenvalue weighted by molar-refractivity contribution is -0.388. The number of anilines is 2. The molecular formula is C30H42F3N5O2. The molecule has 1 N–H and O–H groups in total. The number of nitrogens with zero attached hydrogens (tertiary/aromatic N) is 4. The lowest BCUT2D eigenvalue weighted by Gasteiger charge is -2.39. The summed E-state index contributed by atoms with van der Waals surface area (Å²) in [6.45, 7) is 16.9. The lowest BCUT2D eigenvalue weighted by atomic mass is 9.87. The average molecular weight is 562 g/mol. The van der Waals surface area contributed by atoms with Crippen molar-refractivity contribution in [1.82, 2.24) is 9.80 Å². The molecule has 0 aliphatic carbocycles. The summed E-state index contributed by atoms with van der Waals surface area (Å²) in [6, 6.07) is 12.2. The van der Waals surface area contributed by atoms with Crippen molar-refractivity contribution in [2.75, 3.05) is 62.6 Å². The molecule has 1 unspecified atom stereocenters. The van der Waals surface area contributed by atoms with Crippen LogP contribution in [0.3, 0.4) is 0 Å². The first-order chi connectivity index (χ1) is 18.8. The van der Waals surface area contributed by atoms with Gasteiger partial charge in [0.1, 0.15) is 5.56 Å². The van der Waals surface area contributed by atoms with Crippen molar-refractivity contribution in [3.63, 3.8) is 0 Å². The van der Waals surface area contributed by atoms with Gasteiger partial charge >= 0.3 is 6.18 Å². The Morgan fingerprint density at radius 3 is 2.02 bits per heavy atom. The third kappa shape index (κ3) is 7.87. The van der Waals surface area contributed by atoms with E-state index in [0.29, 0.717) is 5.92 Å². The summed E-state index contributed by atoms with van der Waals surface area (Å²) in [5, 5.41) is 14.2. The van der Waals surface area contributed by atoms with Gasteiger partial charge in [-0.25, -0.2) is 0 Å². The Morgan fingerprint density at radius 2 is 1.50 bits per heavy atom. The first-order valence-electron chi connectivity index (χ1n) is 14.2. The van der Waals surface area contributed by atoms with E-state index in [2.05, 4.69) is 72.0 Å². The van der Waals surface area contributed by atoms with Crippen LogP contribution >= 0.6 is 0 Å². The SMILES string of the molecule is CC(CN1CCC(Nc2ccc([N+](=O)[O-])c(C(F)(F)F)c2)CC1)CN1CCN(c2ccc(C(C)(C)C)cc2)CC1. The molecule has 0 bridgehead atoms. The third-order valence-electron chi connectivity index (χ3n) is 8.07. The van der Waals surface area contributed by atoms with E-state index >= 15 is 0 Å². The summed E-state index contributed by atoms with van der Waals surface area (Å²) >= 11 is 0. The van der Waals surface area contributed by atoms with E-state index in [0.717, 1.165) is 77.3 Å². The van der Waals surface area contributed by atoms with E-state index in [1.54, 1.807) is 0 Å². The number of halogens is 3. The van der Waals surface area contributed by atoms with Crippen LogP contribution in [0, 0.1) is 16.0 Å². The van der Waals surface area contributed by atoms with Crippen molar-refractivity contribution in [2.24, 2.45) is 5.92 Å². The van der Waals surface area contributed by atoms with Crippen molar-refractivity contribution < 1.29 is 18.1 Å². The monoisotopic (exact) mass is 561 g/mol. The number of nitro groups is 1. The van der Waals surface area contributed by atoms with Gasteiger partial charge in [0.2, 0.25) is 0 Å². The van der Waals surface area contributed by atoms with Crippen LogP contribution in [0.15, 0.2) is 42.5 Å². The van der Waals surface area contributed by atoms with E-state index in [4.69, 9.17) is 0 Å². The van der Waals surface area contributed by atoms with Gasteiger partial charge < -0.3 is 15.1 Å². The summed E-state index contributed by atoms with van der Waals surface area (Å²) in [6.07, 6.45) is -3.14. The molecular weight excluding hydrogens is 519 g/mol. The molecule has 40 heavy (non-hydrogen) atoms. The minimum absolute atomic E-state index is 0.0413. The second kappa shape index (κ2) is 12.3. The molecule has 0 saturated carbocycles. The maximum Gasteiger partial charge on any atom is 0.423 e. The molecule has 0 spiro atoms. The molecule has 2 heterocycles. The molecule has 0 radical (unpaired) electrons. The van der Waals surface area contributed by atoms with Crippen LogP contribution < -0.4 is 10.2 Å². The third-order valence-corrected chi connectivity index (χ3v) is 8.07. The molecule has 2 aromatic carbocycles. The quantitative estimate of drug-likeness (QED) is 0.304. The first kappa shape index (κ1) is 30.1. The highest BCUT2D eigenvalue weighted by Crippen LogP contribution is 2.38. The van der Waals surface area contributed by atoms with E-state index < -0.39 is 22.4 Å². The van der Waals surface area contributed by atoms with E-state index in [1.807, 2.05) is 0 Å². The Hall–Kier alpha value is -2.85. The molecule has 0 amide bonds. The van der Waals surface area contributed by atoms with E-state index in [1.165, 1.54) is 17.3 Å². The fraction of sp³-hybridized carbons (Fsp3) is 0.600. The van der Waals surface area contributed by atoms with Gasteiger partial charge in [0.25, 0.3) is 5.69 Å². The highest BCUT2D eigenvalue weighted by Gasteiger charge is 2.38. The van der Waals surface area contributed by atoms with Crippen LogP contribution in [0.2, 0.25) is 0 Å². The zero-order valence-corrected chi connectivity index (χ0v) is 24.0. The number of piperazine rings is 1. The minimum atomic E-state index is -4.77. The van der Waals surface area contributed by atoms with Crippen LogP contribution in [-0.2, 0) is 11.6 Å². The van der Waals surface area contributed by atoms with Gasteiger partial charge in [-0.3, -0.25) is 15.0 Å². The lowest BCUT2D eigenvalue weighted by Crippen LogP contribution is -2.49. The smallest absolute Gasteiger partial charge is 0.382 e.